The number of alkyl halides is 3. The second kappa shape index (κ2) is 6.80. The van der Waals surface area contributed by atoms with E-state index in [1.807, 2.05) is 0 Å². The number of halogens is 3. The van der Waals surface area contributed by atoms with Crippen LogP contribution in [0.15, 0.2) is 18.2 Å². The van der Waals surface area contributed by atoms with Gasteiger partial charge in [0, 0.05) is 6.04 Å². The molecule has 0 fully saturated rings. The van der Waals surface area contributed by atoms with Crippen LogP contribution in [0.1, 0.15) is 25.0 Å². The molecule has 0 radical (unpaired) electrons. The Bertz CT molecular complexity index is 501. The Labute approximate surface area is 121 Å². The Balaban J connectivity index is 3.00. The van der Waals surface area contributed by atoms with E-state index in [9.17, 15) is 18.0 Å². The lowest BCUT2D eigenvalue weighted by atomic mass is 10.0. The van der Waals surface area contributed by atoms with E-state index in [0.29, 0.717) is 12.0 Å². The van der Waals surface area contributed by atoms with Gasteiger partial charge in [0.05, 0.1) is 18.1 Å². The Kier molecular flexibility index (Phi) is 5.60. The fourth-order valence-electron chi connectivity index (χ4n) is 1.72. The largest absolute Gasteiger partial charge is 0.492 e. The Morgan fingerprint density at radius 3 is 2.43 bits per heavy atom. The van der Waals surface area contributed by atoms with Gasteiger partial charge in [-0.2, -0.15) is 13.2 Å². The first-order valence-electron chi connectivity index (χ1n) is 6.49. The molecule has 4 nitrogen and oxygen atoms in total. The van der Waals surface area contributed by atoms with Crippen molar-refractivity contribution in [2.24, 2.45) is 17.4 Å². The normalized spacial score (nSPS) is 14.6. The number of amides is 1. The van der Waals surface area contributed by atoms with Crippen molar-refractivity contribution >= 4 is 5.91 Å². The van der Waals surface area contributed by atoms with E-state index in [1.165, 1.54) is 19.1 Å². The van der Waals surface area contributed by atoms with Crippen LogP contribution in [0.25, 0.3) is 0 Å². The van der Waals surface area contributed by atoms with Gasteiger partial charge in [-0.05, 0) is 31.0 Å². The van der Waals surface area contributed by atoms with Crippen LogP contribution in [0.4, 0.5) is 13.2 Å². The van der Waals surface area contributed by atoms with Crippen LogP contribution in [0.3, 0.4) is 0 Å². The Morgan fingerprint density at radius 2 is 1.95 bits per heavy atom. The van der Waals surface area contributed by atoms with E-state index in [4.69, 9.17) is 16.2 Å². The van der Waals surface area contributed by atoms with Crippen molar-refractivity contribution in [3.05, 3.63) is 29.3 Å². The van der Waals surface area contributed by atoms with Gasteiger partial charge in [-0.15, -0.1) is 0 Å². The molecule has 1 rings (SSSR count). The molecule has 0 aliphatic carbocycles. The minimum atomic E-state index is -4.54. The number of rotatable bonds is 6. The number of carbonyl (C=O) groups is 1. The monoisotopic (exact) mass is 304 g/mol. The summed E-state index contributed by atoms with van der Waals surface area (Å²) in [6.07, 6.45) is -4.21. The molecule has 1 aromatic rings. The quantitative estimate of drug-likeness (QED) is 0.844. The van der Waals surface area contributed by atoms with Crippen LogP contribution >= 0.6 is 0 Å². The molecule has 0 spiro atoms. The van der Waals surface area contributed by atoms with Gasteiger partial charge < -0.3 is 16.2 Å². The lowest BCUT2D eigenvalue weighted by molar-refractivity contribution is -0.139. The lowest BCUT2D eigenvalue weighted by Gasteiger charge is -2.17. The average Bonchev–Trinajstić information content (AvgIpc) is 2.34. The molecule has 0 aliphatic heterocycles. The first-order chi connectivity index (χ1) is 9.61. The molecule has 0 saturated heterocycles. The third-order valence-electron chi connectivity index (χ3n) is 2.88. The maximum absolute atomic E-state index is 13.0. The third-order valence-corrected chi connectivity index (χ3v) is 2.88. The molecule has 0 aromatic heterocycles. The summed E-state index contributed by atoms with van der Waals surface area (Å²) in [6, 6.07) is 3.55. The predicted octanol–water partition coefficient (Wildman–Crippen LogP) is 2.10. The van der Waals surface area contributed by atoms with Crippen LogP contribution in [0.5, 0.6) is 5.75 Å². The molecule has 2 unspecified atom stereocenters. The molecule has 1 aromatic carbocycles. The molecule has 4 N–H and O–H groups in total. The SMILES string of the molecule is CC(N)Cc1ccc(OCC(C)C(N)=O)c(C(F)(F)F)c1. The molecular weight excluding hydrogens is 285 g/mol. The van der Waals surface area contributed by atoms with Gasteiger partial charge in [-0.25, -0.2) is 0 Å². The van der Waals surface area contributed by atoms with Gasteiger partial charge in [-0.1, -0.05) is 13.0 Å². The molecule has 21 heavy (non-hydrogen) atoms. The molecule has 0 aliphatic rings. The van der Waals surface area contributed by atoms with Crippen molar-refractivity contribution < 1.29 is 22.7 Å². The lowest BCUT2D eigenvalue weighted by Crippen LogP contribution is -2.26. The molecule has 7 heteroatoms. The van der Waals surface area contributed by atoms with Crippen LogP contribution in [-0.2, 0) is 17.4 Å². The summed E-state index contributed by atoms with van der Waals surface area (Å²) in [5.74, 6) is -1.61. The minimum absolute atomic E-state index is 0.203. The van der Waals surface area contributed by atoms with Crippen LogP contribution in [0.2, 0.25) is 0 Å². The van der Waals surface area contributed by atoms with Crippen molar-refractivity contribution in [1.29, 1.82) is 0 Å². The standard InChI is InChI=1S/C14H19F3N2O2/c1-8(13(19)20)7-21-12-4-3-10(5-9(2)18)6-11(12)14(15,16)17/h3-4,6,8-9H,5,7,18H2,1-2H3,(H2,19,20). The van der Waals surface area contributed by atoms with E-state index < -0.39 is 23.6 Å². The predicted molar refractivity (Wildman–Crippen MR) is 72.7 cm³/mol. The molecule has 0 heterocycles. The van der Waals surface area contributed by atoms with Crippen LogP contribution in [0, 0.1) is 5.92 Å². The number of hydrogen-bond donors (Lipinski definition) is 2. The number of carbonyl (C=O) groups excluding carboxylic acids is 1. The highest BCUT2D eigenvalue weighted by Crippen LogP contribution is 2.37. The van der Waals surface area contributed by atoms with E-state index in [2.05, 4.69) is 0 Å². The highest BCUT2D eigenvalue weighted by atomic mass is 19.4. The number of primary amides is 1. The van der Waals surface area contributed by atoms with Crippen molar-refractivity contribution in [3.8, 4) is 5.75 Å². The maximum atomic E-state index is 13.0. The molecule has 0 bridgehead atoms. The van der Waals surface area contributed by atoms with Gasteiger partial charge in [0.2, 0.25) is 5.91 Å². The van der Waals surface area contributed by atoms with Crippen molar-refractivity contribution in [2.75, 3.05) is 6.61 Å². The minimum Gasteiger partial charge on any atom is -0.492 e. The number of hydrogen-bond acceptors (Lipinski definition) is 3. The summed E-state index contributed by atoms with van der Waals surface area (Å²) in [6.45, 7) is 3.00. The van der Waals surface area contributed by atoms with Gasteiger partial charge in [0.25, 0.3) is 0 Å². The van der Waals surface area contributed by atoms with Gasteiger partial charge in [0.1, 0.15) is 5.75 Å². The highest BCUT2D eigenvalue weighted by molar-refractivity contribution is 5.76. The topological polar surface area (TPSA) is 78.3 Å². The first kappa shape index (κ1) is 17.3. The third kappa shape index (κ3) is 5.26. The zero-order valence-corrected chi connectivity index (χ0v) is 11.9. The maximum Gasteiger partial charge on any atom is 0.419 e. The Morgan fingerprint density at radius 1 is 1.33 bits per heavy atom. The van der Waals surface area contributed by atoms with Crippen molar-refractivity contribution in [2.45, 2.75) is 32.5 Å². The summed E-state index contributed by atoms with van der Waals surface area (Å²) in [4.78, 5) is 10.9. The second-order valence-electron chi connectivity index (χ2n) is 5.12. The second-order valence-corrected chi connectivity index (χ2v) is 5.12. The smallest absolute Gasteiger partial charge is 0.419 e. The fraction of sp³-hybridized carbons (Fsp3) is 0.500. The van der Waals surface area contributed by atoms with E-state index in [1.54, 1.807) is 6.92 Å². The van der Waals surface area contributed by atoms with Gasteiger partial charge in [-0.3, -0.25) is 4.79 Å². The van der Waals surface area contributed by atoms with Crippen LogP contribution < -0.4 is 16.2 Å². The summed E-state index contributed by atoms with van der Waals surface area (Å²) in [5.41, 5.74) is 10.2. The van der Waals surface area contributed by atoms with Gasteiger partial charge in [0.15, 0.2) is 0 Å². The molecule has 0 saturated carbocycles. The number of ether oxygens (including phenoxy) is 1. The average molecular weight is 304 g/mol. The van der Waals surface area contributed by atoms with E-state index >= 15 is 0 Å². The number of nitrogens with two attached hydrogens (primary N) is 2. The summed E-state index contributed by atoms with van der Waals surface area (Å²) in [7, 11) is 0. The number of benzene rings is 1. The zero-order chi connectivity index (χ0) is 16.2. The van der Waals surface area contributed by atoms with Gasteiger partial charge >= 0.3 is 6.18 Å². The van der Waals surface area contributed by atoms with Crippen LogP contribution in [-0.4, -0.2) is 18.6 Å². The summed E-state index contributed by atoms with van der Waals surface area (Å²) in [5, 5.41) is 0. The zero-order valence-electron chi connectivity index (χ0n) is 11.9. The van der Waals surface area contributed by atoms with Crippen molar-refractivity contribution in [3.63, 3.8) is 0 Å². The first-order valence-corrected chi connectivity index (χ1v) is 6.49. The van der Waals surface area contributed by atoms with Crippen molar-refractivity contribution in [1.82, 2.24) is 0 Å². The molecule has 1 amide bonds. The highest BCUT2D eigenvalue weighted by Gasteiger charge is 2.35. The van der Waals surface area contributed by atoms with E-state index in [0.717, 1.165) is 6.07 Å². The Hall–Kier alpha value is -1.76. The molecule has 2 atom stereocenters. The molecular formula is C14H19F3N2O2. The molecule has 118 valence electrons. The summed E-state index contributed by atoms with van der Waals surface area (Å²) >= 11 is 0. The van der Waals surface area contributed by atoms with E-state index in [-0.39, 0.29) is 18.4 Å². The summed E-state index contributed by atoms with van der Waals surface area (Å²) < 4.78 is 44.2. The fourth-order valence-corrected chi connectivity index (χ4v) is 1.72.